The Morgan fingerprint density at radius 1 is 1.21 bits per heavy atom. The number of benzene rings is 1. The van der Waals surface area contributed by atoms with E-state index >= 15 is 0 Å². The van der Waals surface area contributed by atoms with Crippen LogP contribution in [-0.2, 0) is 25.4 Å². The lowest BCUT2D eigenvalue weighted by molar-refractivity contribution is -0.233. The first-order valence-electron chi connectivity index (χ1n) is 13.6. The van der Waals surface area contributed by atoms with Gasteiger partial charge in [0.05, 0.1) is 44.1 Å². The molecule has 0 radical (unpaired) electrons. The molecule has 0 spiro atoms. The van der Waals surface area contributed by atoms with Gasteiger partial charge in [-0.1, -0.05) is 27.7 Å². The molecular weight excluding hydrogens is 507 g/mol. The SMILES string of the molecule is CCCOc1cc(F)cc(C[C@H](NC(C)=O)[C@H](O)[C@H]2CO[C@@H](OCC(C)(C)C)[C@H](C)N2C(=O)OC(C)(C)C)c1. The zero-order valence-corrected chi connectivity index (χ0v) is 24.9. The monoisotopic (exact) mass is 554 g/mol. The first-order valence-corrected chi connectivity index (χ1v) is 13.6. The highest BCUT2D eigenvalue weighted by Crippen LogP contribution is 2.28. The maximum absolute atomic E-state index is 14.4. The van der Waals surface area contributed by atoms with Crippen LogP contribution in [0.1, 0.15) is 74.3 Å². The maximum atomic E-state index is 14.4. The smallest absolute Gasteiger partial charge is 0.411 e. The van der Waals surface area contributed by atoms with Crippen molar-refractivity contribution >= 4 is 12.0 Å². The number of hydrogen-bond acceptors (Lipinski definition) is 7. The van der Waals surface area contributed by atoms with Gasteiger partial charge in [-0.25, -0.2) is 9.18 Å². The molecule has 1 heterocycles. The highest BCUT2D eigenvalue weighted by Gasteiger charge is 2.46. The van der Waals surface area contributed by atoms with Crippen molar-refractivity contribution in [3.63, 3.8) is 0 Å². The molecule has 2 N–H and O–H groups in total. The molecule has 1 aromatic rings. The van der Waals surface area contributed by atoms with E-state index < -0.39 is 48.0 Å². The molecule has 1 aliphatic rings. The quantitative estimate of drug-likeness (QED) is 0.441. The Morgan fingerprint density at radius 3 is 2.44 bits per heavy atom. The van der Waals surface area contributed by atoms with Crippen molar-refractivity contribution in [1.29, 1.82) is 0 Å². The molecule has 10 heteroatoms. The zero-order valence-electron chi connectivity index (χ0n) is 24.9. The predicted octanol–water partition coefficient (Wildman–Crippen LogP) is 4.44. The van der Waals surface area contributed by atoms with E-state index in [9.17, 15) is 19.1 Å². The second kappa shape index (κ2) is 13.8. The molecular formula is C29H47FN2O7. The van der Waals surface area contributed by atoms with E-state index in [2.05, 4.69) is 5.32 Å². The summed E-state index contributed by atoms with van der Waals surface area (Å²) in [5.74, 6) is -0.497. The summed E-state index contributed by atoms with van der Waals surface area (Å²) < 4.78 is 37.6. The van der Waals surface area contributed by atoms with Crippen molar-refractivity contribution in [3.8, 4) is 5.75 Å². The lowest BCUT2D eigenvalue weighted by Gasteiger charge is -2.47. The van der Waals surface area contributed by atoms with Gasteiger partial charge in [-0.05, 0) is 63.6 Å². The summed E-state index contributed by atoms with van der Waals surface area (Å²) in [6.45, 7) is 17.2. The van der Waals surface area contributed by atoms with Gasteiger partial charge in [-0.3, -0.25) is 9.69 Å². The summed E-state index contributed by atoms with van der Waals surface area (Å²) in [5, 5.41) is 14.4. The lowest BCUT2D eigenvalue weighted by atomic mass is 9.93. The van der Waals surface area contributed by atoms with Crippen LogP contribution in [0.4, 0.5) is 9.18 Å². The Kier molecular flexibility index (Phi) is 11.6. The second-order valence-electron chi connectivity index (χ2n) is 12.4. The van der Waals surface area contributed by atoms with Crippen molar-refractivity contribution in [1.82, 2.24) is 10.2 Å². The maximum Gasteiger partial charge on any atom is 0.411 e. The number of nitrogens with zero attached hydrogens (tertiary/aromatic N) is 1. The number of morpholine rings is 1. The molecule has 1 saturated heterocycles. The number of amides is 2. The normalized spacial score (nSPS) is 21.7. The van der Waals surface area contributed by atoms with Crippen molar-refractivity contribution in [3.05, 3.63) is 29.6 Å². The number of ether oxygens (including phenoxy) is 4. The summed E-state index contributed by atoms with van der Waals surface area (Å²) in [7, 11) is 0. The summed E-state index contributed by atoms with van der Waals surface area (Å²) in [4.78, 5) is 27.0. The van der Waals surface area contributed by atoms with Gasteiger partial charge in [0.25, 0.3) is 0 Å². The fourth-order valence-corrected chi connectivity index (χ4v) is 4.33. The topological polar surface area (TPSA) is 107 Å². The number of carbonyl (C=O) groups is 2. The van der Waals surface area contributed by atoms with Crippen LogP contribution in [0.5, 0.6) is 5.75 Å². The highest BCUT2D eigenvalue weighted by atomic mass is 19.1. The minimum atomic E-state index is -1.27. The molecule has 0 aliphatic carbocycles. The van der Waals surface area contributed by atoms with Crippen LogP contribution in [-0.4, -0.2) is 77.9 Å². The average Bonchev–Trinajstić information content (AvgIpc) is 2.78. The molecule has 39 heavy (non-hydrogen) atoms. The Labute approximate surface area is 232 Å². The Morgan fingerprint density at radius 2 is 1.87 bits per heavy atom. The number of carbonyl (C=O) groups excluding carboxylic acids is 2. The fourth-order valence-electron chi connectivity index (χ4n) is 4.33. The first kappa shape index (κ1) is 32.8. The number of halogens is 1. The number of aliphatic hydroxyl groups excluding tert-OH is 1. The number of rotatable bonds is 10. The summed E-state index contributed by atoms with van der Waals surface area (Å²) in [5.41, 5.74) is -0.379. The van der Waals surface area contributed by atoms with Crippen LogP contribution in [0, 0.1) is 11.2 Å². The van der Waals surface area contributed by atoms with Crippen LogP contribution >= 0.6 is 0 Å². The lowest BCUT2D eigenvalue weighted by Crippen LogP contribution is -2.66. The minimum Gasteiger partial charge on any atom is -0.493 e. The largest absolute Gasteiger partial charge is 0.493 e. The zero-order chi connectivity index (χ0) is 29.5. The number of nitrogens with one attached hydrogen (secondary N) is 1. The molecule has 0 saturated carbocycles. The number of hydrogen-bond donors (Lipinski definition) is 2. The molecule has 2 rings (SSSR count). The van der Waals surface area contributed by atoms with Gasteiger partial charge in [-0.2, -0.15) is 0 Å². The summed E-state index contributed by atoms with van der Waals surface area (Å²) in [6, 6.07) is 1.98. The molecule has 9 nitrogen and oxygen atoms in total. The van der Waals surface area contributed by atoms with E-state index in [1.807, 2.05) is 27.7 Å². The minimum absolute atomic E-state index is 0.0519. The van der Waals surface area contributed by atoms with Crippen molar-refractivity contribution < 1.29 is 38.0 Å². The van der Waals surface area contributed by atoms with Crippen molar-refractivity contribution in [2.45, 2.75) is 111 Å². The third kappa shape index (κ3) is 10.6. The van der Waals surface area contributed by atoms with Crippen LogP contribution in [0.25, 0.3) is 0 Å². The average molecular weight is 555 g/mol. The Hall–Kier alpha value is -2.43. The molecule has 0 aromatic heterocycles. The highest BCUT2D eigenvalue weighted by molar-refractivity contribution is 5.73. The van der Waals surface area contributed by atoms with Crippen molar-refractivity contribution in [2.75, 3.05) is 19.8 Å². The van der Waals surface area contributed by atoms with Gasteiger partial charge in [0.15, 0.2) is 6.29 Å². The summed E-state index contributed by atoms with van der Waals surface area (Å²) >= 11 is 0. The third-order valence-corrected chi connectivity index (χ3v) is 5.96. The molecule has 222 valence electrons. The first-order chi connectivity index (χ1) is 18.0. The van der Waals surface area contributed by atoms with E-state index in [1.165, 1.54) is 24.0 Å². The van der Waals surface area contributed by atoms with Crippen LogP contribution in [0.2, 0.25) is 0 Å². The van der Waals surface area contributed by atoms with E-state index in [0.29, 0.717) is 24.5 Å². The molecule has 0 bridgehead atoms. The fraction of sp³-hybridized carbons (Fsp3) is 0.724. The predicted molar refractivity (Wildman–Crippen MR) is 146 cm³/mol. The van der Waals surface area contributed by atoms with Gasteiger partial charge in [0, 0.05) is 13.0 Å². The van der Waals surface area contributed by atoms with Gasteiger partial charge >= 0.3 is 6.09 Å². The van der Waals surface area contributed by atoms with E-state index in [0.717, 1.165) is 6.42 Å². The van der Waals surface area contributed by atoms with E-state index in [4.69, 9.17) is 18.9 Å². The molecule has 0 unspecified atom stereocenters. The molecule has 2 amide bonds. The van der Waals surface area contributed by atoms with Gasteiger partial charge < -0.3 is 29.4 Å². The van der Waals surface area contributed by atoms with Gasteiger partial charge in [0.2, 0.25) is 5.91 Å². The summed E-state index contributed by atoms with van der Waals surface area (Å²) in [6.07, 6.45) is -1.77. The molecule has 1 fully saturated rings. The molecule has 1 aliphatic heterocycles. The van der Waals surface area contributed by atoms with Gasteiger partial charge in [-0.15, -0.1) is 0 Å². The Bertz CT molecular complexity index is 960. The van der Waals surface area contributed by atoms with Gasteiger partial charge in [0.1, 0.15) is 17.2 Å². The van der Waals surface area contributed by atoms with E-state index in [1.54, 1.807) is 33.8 Å². The number of aliphatic hydroxyl groups is 1. The standard InChI is InChI=1S/C29H47FN2O7/c1-10-11-36-22-13-20(12-21(30)15-22)14-23(31-19(3)33)25(34)24-16-37-26(38-17-28(4,5)6)18(2)32(24)27(35)39-29(7,8)9/h12-13,15,18,23-26,34H,10-11,14,16-17H2,1-9H3,(H,31,33)/t18-,23-,24+,25-,26-/m0/s1. The second-order valence-corrected chi connectivity index (χ2v) is 12.4. The van der Waals surface area contributed by atoms with Crippen molar-refractivity contribution in [2.24, 2.45) is 5.41 Å². The molecule has 5 atom stereocenters. The Balaban J connectivity index is 2.37. The molecule has 1 aromatic carbocycles. The van der Waals surface area contributed by atoms with Crippen LogP contribution in [0.3, 0.4) is 0 Å². The van der Waals surface area contributed by atoms with Crippen LogP contribution < -0.4 is 10.1 Å². The van der Waals surface area contributed by atoms with E-state index in [-0.39, 0.29) is 24.3 Å². The van der Waals surface area contributed by atoms with Crippen LogP contribution in [0.15, 0.2) is 18.2 Å². The third-order valence-electron chi connectivity index (χ3n) is 5.96.